The minimum absolute atomic E-state index is 0.0322. The van der Waals surface area contributed by atoms with Crippen LogP contribution in [0.1, 0.15) is 41.7 Å². The summed E-state index contributed by atoms with van der Waals surface area (Å²) in [7, 11) is 0. The maximum atomic E-state index is 12.1. The molecule has 2 saturated carbocycles. The molecule has 0 aliphatic heterocycles. The smallest absolute Gasteiger partial charge is 0.251 e. The summed E-state index contributed by atoms with van der Waals surface area (Å²) in [6.45, 7) is 2.65. The van der Waals surface area contributed by atoms with Gasteiger partial charge in [-0.1, -0.05) is 18.0 Å². The lowest BCUT2D eigenvalue weighted by Crippen LogP contribution is -2.31. The number of amides is 1. The summed E-state index contributed by atoms with van der Waals surface area (Å²) in [6, 6.07) is 3.41. The highest BCUT2D eigenvalue weighted by Gasteiger charge is 2.39. The van der Waals surface area contributed by atoms with Gasteiger partial charge in [-0.15, -0.1) is 0 Å². The van der Waals surface area contributed by atoms with E-state index in [2.05, 4.69) is 10.3 Å². The Hall–Kier alpha value is -1.09. The van der Waals surface area contributed by atoms with Crippen LogP contribution in [0.2, 0.25) is 5.15 Å². The van der Waals surface area contributed by atoms with Crippen LogP contribution in [0.5, 0.6) is 0 Å². The second-order valence-electron chi connectivity index (χ2n) is 5.96. The van der Waals surface area contributed by atoms with Crippen LogP contribution in [0.4, 0.5) is 0 Å². The number of rotatable bonds is 3. The van der Waals surface area contributed by atoms with Gasteiger partial charge in [0.25, 0.3) is 5.91 Å². The van der Waals surface area contributed by atoms with E-state index in [1.807, 2.05) is 6.92 Å². The number of fused-ring (bicyclic) bond motifs is 2. The number of aryl methyl sites for hydroxylation is 1. The van der Waals surface area contributed by atoms with Crippen molar-refractivity contribution in [2.45, 2.75) is 32.6 Å². The highest BCUT2D eigenvalue weighted by Crippen LogP contribution is 2.47. The molecule has 19 heavy (non-hydrogen) atoms. The normalized spacial score (nSPS) is 28.6. The van der Waals surface area contributed by atoms with Gasteiger partial charge in [-0.25, -0.2) is 4.98 Å². The minimum atomic E-state index is -0.0322. The Morgan fingerprint density at radius 2 is 2.26 bits per heavy atom. The summed E-state index contributed by atoms with van der Waals surface area (Å²) in [6.07, 6.45) is 5.42. The number of pyridine rings is 1. The molecule has 0 spiro atoms. The zero-order valence-corrected chi connectivity index (χ0v) is 11.9. The van der Waals surface area contributed by atoms with Crippen molar-refractivity contribution in [3.05, 3.63) is 28.5 Å². The van der Waals surface area contributed by atoms with Crippen LogP contribution in [0.3, 0.4) is 0 Å². The Bertz CT molecular complexity index is 483. The molecule has 3 nitrogen and oxygen atoms in total. The topological polar surface area (TPSA) is 42.0 Å². The Morgan fingerprint density at radius 3 is 2.89 bits per heavy atom. The van der Waals surface area contributed by atoms with Crippen LogP contribution >= 0.6 is 11.6 Å². The summed E-state index contributed by atoms with van der Waals surface area (Å²) in [5.74, 6) is 2.41. The Morgan fingerprint density at radius 1 is 1.42 bits per heavy atom. The van der Waals surface area contributed by atoms with Crippen LogP contribution in [0.15, 0.2) is 12.1 Å². The van der Waals surface area contributed by atoms with Crippen molar-refractivity contribution in [3.63, 3.8) is 0 Å². The second kappa shape index (κ2) is 5.12. The zero-order chi connectivity index (χ0) is 13.4. The molecular weight excluding hydrogens is 260 g/mol. The van der Waals surface area contributed by atoms with E-state index in [1.165, 1.54) is 25.7 Å². The lowest BCUT2D eigenvalue weighted by Gasteiger charge is -2.21. The number of nitrogens with one attached hydrogen (secondary N) is 1. The molecule has 1 amide bonds. The predicted molar refractivity (Wildman–Crippen MR) is 75.3 cm³/mol. The van der Waals surface area contributed by atoms with Crippen molar-refractivity contribution in [2.24, 2.45) is 17.8 Å². The molecule has 0 saturated heterocycles. The van der Waals surface area contributed by atoms with Crippen LogP contribution < -0.4 is 5.32 Å². The van der Waals surface area contributed by atoms with Gasteiger partial charge in [0.2, 0.25) is 0 Å². The highest BCUT2D eigenvalue weighted by atomic mass is 35.5. The standard InChI is InChI=1S/C15H19ClN2O/c1-9-4-12(7-14(16)18-9)15(19)17-8-13-6-10-2-3-11(13)5-10/h4,7,10-11,13H,2-3,5-6,8H2,1H3,(H,17,19). The number of halogens is 1. The molecule has 2 aliphatic carbocycles. The van der Waals surface area contributed by atoms with Crippen LogP contribution in [0, 0.1) is 24.7 Å². The van der Waals surface area contributed by atoms with E-state index < -0.39 is 0 Å². The quantitative estimate of drug-likeness (QED) is 0.863. The molecule has 3 rings (SSSR count). The predicted octanol–water partition coefficient (Wildman–Crippen LogP) is 3.21. The van der Waals surface area contributed by atoms with E-state index >= 15 is 0 Å². The molecule has 102 valence electrons. The van der Waals surface area contributed by atoms with Crippen LogP contribution in [0.25, 0.3) is 0 Å². The fourth-order valence-electron chi connectivity index (χ4n) is 3.71. The summed E-state index contributed by atoms with van der Waals surface area (Å²) in [4.78, 5) is 16.2. The average Bonchev–Trinajstić information content (AvgIpc) is 2.96. The Labute approximate surface area is 118 Å². The molecule has 0 aromatic carbocycles. The first kappa shape index (κ1) is 12.9. The third kappa shape index (κ3) is 2.76. The van der Waals surface area contributed by atoms with Gasteiger partial charge in [-0.2, -0.15) is 0 Å². The van der Waals surface area contributed by atoms with E-state index in [-0.39, 0.29) is 5.91 Å². The highest BCUT2D eigenvalue weighted by molar-refractivity contribution is 6.29. The Kier molecular flexibility index (Phi) is 3.48. The maximum Gasteiger partial charge on any atom is 0.251 e. The molecule has 1 aromatic heterocycles. The van der Waals surface area contributed by atoms with Crippen LogP contribution in [-0.2, 0) is 0 Å². The first-order valence-electron chi connectivity index (χ1n) is 7.04. The molecule has 1 aromatic rings. The molecule has 1 heterocycles. The van der Waals surface area contributed by atoms with Gasteiger partial charge in [0.15, 0.2) is 0 Å². The number of nitrogens with zero attached hydrogens (tertiary/aromatic N) is 1. The van der Waals surface area contributed by atoms with E-state index in [0.717, 1.165) is 24.1 Å². The number of hydrogen-bond donors (Lipinski definition) is 1. The van der Waals surface area contributed by atoms with E-state index in [1.54, 1.807) is 12.1 Å². The third-order valence-electron chi connectivity index (χ3n) is 4.59. The van der Waals surface area contributed by atoms with Crippen molar-refractivity contribution in [3.8, 4) is 0 Å². The van der Waals surface area contributed by atoms with Gasteiger partial charge in [-0.3, -0.25) is 4.79 Å². The monoisotopic (exact) mass is 278 g/mol. The van der Waals surface area contributed by atoms with E-state index in [4.69, 9.17) is 11.6 Å². The molecule has 2 aliphatic rings. The van der Waals surface area contributed by atoms with E-state index in [0.29, 0.717) is 16.6 Å². The van der Waals surface area contributed by atoms with Crippen molar-refractivity contribution in [1.29, 1.82) is 0 Å². The molecule has 3 atom stereocenters. The van der Waals surface area contributed by atoms with Gasteiger partial charge < -0.3 is 5.32 Å². The molecule has 1 N–H and O–H groups in total. The van der Waals surface area contributed by atoms with Crippen molar-refractivity contribution >= 4 is 17.5 Å². The van der Waals surface area contributed by atoms with Gasteiger partial charge in [0.05, 0.1) is 0 Å². The van der Waals surface area contributed by atoms with E-state index in [9.17, 15) is 4.79 Å². The fraction of sp³-hybridized carbons (Fsp3) is 0.600. The van der Waals surface area contributed by atoms with Gasteiger partial charge in [0.1, 0.15) is 5.15 Å². The summed E-state index contributed by atoms with van der Waals surface area (Å²) < 4.78 is 0. The first-order chi connectivity index (χ1) is 9.11. The average molecular weight is 279 g/mol. The summed E-state index contributed by atoms with van der Waals surface area (Å²) in [5, 5.41) is 3.43. The second-order valence-corrected chi connectivity index (χ2v) is 6.35. The number of carbonyl (C=O) groups is 1. The SMILES string of the molecule is Cc1cc(C(=O)NCC2CC3CCC2C3)cc(Cl)n1. The van der Waals surface area contributed by atoms with Gasteiger partial charge >= 0.3 is 0 Å². The third-order valence-corrected chi connectivity index (χ3v) is 4.79. The fourth-order valence-corrected chi connectivity index (χ4v) is 3.96. The summed E-state index contributed by atoms with van der Waals surface area (Å²) >= 11 is 5.88. The van der Waals surface area contributed by atoms with Crippen LogP contribution in [-0.4, -0.2) is 17.4 Å². The molecule has 2 bridgehead atoms. The lowest BCUT2D eigenvalue weighted by atomic mass is 9.89. The van der Waals surface area contributed by atoms with Crippen molar-refractivity contribution in [2.75, 3.05) is 6.54 Å². The molecule has 4 heteroatoms. The van der Waals surface area contributed by atoms with Gasteiger partial charge in [0, 0.05) is 17.8 Å². The molecule has 0 radical (unpaired) electrons. The molecule has 2 fully saturated rings. The largest absolute Gasteiger partial charge is 0.352 e. The summed E-state index contributed by atoms with van der Waals surface area (Å²) in [5.41, 5.74) is 1.39. The zero-order valence-electron chi connectivity index (χ0n) is 11.2. The van der Waals surface area contributed by atoms with Crippen molar-refractivity contribution in [1.82, 2.24) is 10.3 Å². The minimum Gasteiger partial charge on any atom is -0.352 e. The maximum absolute atomic E-state index is 12.1. The lowest BCUT2D eigenvalue weighted by molar-refractivity contribution is 0.0941. The first-order valence-corrected chi connectivity index (χ1v) is 7.42. The number of aromatic nitrogens is 1. The number of hydrogen-bond acceptors (Lipinski definition) is 2. The van der Waals surface area contributed by atoms with Crippen molar-refractivity contribution < 1.29 is 4.79 Å². The molecule has 3 unspecified atom stereocenters. The van der Waals surface area contributed by atoms with Gasteiger partial charge in [-0.05, 0) is 56.1 Å². The molecular formula is C15H19ClN2O. The Balaban J connectivity index is 1.59. The number of carbonyl (C=O) groups excluding carboxylic acids is 1.